The van der Waals surface area contributed by atoms with Crippen LogP contribution in [0, 0.1) is 0 Å². The fourth-order valence-electron chi connectivity index (χ4n) is 2.10. The summed E-state index contributed by atoms with van der Waals surface area (Å²) in [6, 6.07) is 16.5. The van der Waals surface area contributed by atoms with Gasteiger partial charge in [0.1, 0.15) is 0 Å². The maximum absolute atomic E-state index is 9.10. The van der Waals surface area contributed by atoms with Crippen LogP contribution in [-0.2, 0) is 22.6 Å². The zero-order valence-electron chi connectivity index (χ0n) is 14.8. The van der Waals surface area contributed by atoms with E-state index in [1.54, 1.807) is 14.2 Å². The molecule has 0 radical (unpaired) electrons. The zero-order chi connectivity index (χ0) is 19.4. The second kappa shape index (κ2) is 11.5. The molecule has 0 aliphatic carbocycles. The van der Waals surface area contributed by atoms with Crippen LogP contribution in [0.2, 0.25) is 0 Å². The molecule has 2 aromatic rings. The smallest absolute Gasteiger partial charge is 0.414 e. The van der Waals surface area contributed by atoms with Crippen molar-refractivity contribution in [3.8, 4) is 11.5 Å². The fraction of sp³-hybridized carbons (Fsp3) is 0.263. The van der Waals surface area contributed by atoms with Crippen molar-refractivity contribution in [2.75, 3.05) is 20.8 Å². The topological polar surface area (TPSA) is 105 Å². The number of carboxylic acids is 2. The third-order valence-corrected chi connectivity index (χ3v) is 3.39. The van der Waals surface area contributed by atoms with E-state index in [1.807, 2.05) is 18.2 Å². The largest absolute Gasteiger partial charge is 0.493 e. The molecule has 0 saturated carbocycles. The summed E-state index contributed by atoms with van der Waals surface area (Å²) in [7, 11) is 3.31. The quantitative estimate of drug-likeness (QED) is 0.513. The first-order valence-corrected chi connectivity index (χ1v) is 7.89. The normalized spacial score (nSPS) is 9.62. The molecule has 0 bridgehead atoms. The maximum Gasteiger partial charge on any atom is 0.414 e. The van der Waals surface area contributed by atoms with E-state index in [0.717, 1.165) is 31.0 Å². The van der Waals surface area contributed by atoms with Crippen LogP contribution in [0.4, 0.5) is 0 Å². The minimum atomic E-state index is -1.82. The molecule has 26 heavy (non-hydrogen) atoms. The molecule has 0 unspecified atom stereocenters. The van der Waals surface area contributed by atoms with Crippen molar-refractivity contribution in [3.05, 3.63) is 59.7 Å². The van der Waals surface area contributed by atoms with Crippen LogP contribution in [0.1, 0.15) is 11.1 Å². The van der Waals surface area contributed by atoms with Gasteiger partial charge >= 0.3 is 11.9 Å². The van der Waals surface area contributed by atoms with Gasteiger partial charge in [-0.05, 0) is 36.2 Å². The third kappa shape index (κ3) is 7.67. The van der Waals surface area contributed by atoms with E-state index >= 15 is 0 Å². The molecule has 0 aliphatic heterocycles. The number of methoxy groups -OCH3 is 2. The second-order valence-electron chi connectivity index (χ2n) is 5.21. The SMILES string of the molecule is COc1ccc(CCNCc2ccccc2)cc1OC.O=C(O)C(=O)O. The van der Waals surface area contributed by atoms with Crippen molar-refractivity contribution in [2.45, 2.75) is 13.0 Å². The molecule has 0 atom stereocenters. The van der Waals surface area contributed by atoms with Crippen LogP contribution in [0.15, 0.2) is 48.5 Å². The lowest BCUT2D eigenvalue weighted by atomic mass is 10.1. The van der Waals surface area contributed by atoms with Gasteiger partial charge in [0.2, 0.25) is 0 Å². The van der Waals surface area contributed by atoms with Gasteiger partial charge in [0.25, 0.3) is 0 Å². The van der Waals surface area contributed by atoms with E-state index in [4.69, 9.17) is 29.3 Å². The second-order valence-corrected chi connectivity index (χ2v) is 5.21. The number of hydrogen-bond donors (Lipinski definition) is 3. The Balaban J connectivity index is 0.000000487. The summed E-state index contributed by atoms with van der Waals surface area (Å²) in [6.45, 7) is 1.83. The number of nitrogens with one attached hydrogen (secondary N) is 1. The lowest BCUT2D eigenvalue weighted by Gasteiger charge is -2.10. The maximum atomic E-state index is 9.10. The van der Waals surface area contributed by atoms with Crippen molar-refractivity contribution in [2.24, 2.45) is 0 Å². The summed E-state index contributed by atoms with van der Waals surface area (Å²) in [5.74, 6) is -2.09. The van der Waals surface area contributed by atoms with Gasteiger partial charge in [-0.2, -0.15) is 0 Å². The van der Waals surface area contributed by atoms with Gasteiger partial charge < -0.3 is 25.0 Å². The highest BCUT2D eigenvalue weighted by atomic mass is 16.5. The minimum Gasteiger partial charge on any atom is -0.493 e. The molecule has 0 aromatic heterocycles. The molecule has 0 fully saturated rings. The third-order valence-electron chi connectivity index (χ3n) is 3.39. The molecule has 0 heterocycles. The van der Waals surface area contributed by atoms with E-state index in [-0.39, 0.29) is 0 Å². The highest BCUT2D eigenvalue weighted by molar-refractivity contribution is 6.27. The number of hydrogen-bond acceptors (Lipinski definition) is 5. The molecule has 0 spiro atoms. The molecule has 140 valence electrons. The summed E-state index contributed by atoms with van der Waals surface area (Å²) in [6.07, 6.45) is 0.965. The molecule has 7 nitrogen and oxygen atoms in total. The first kappa shape index (κ1) is 21.0. The number of aliphatic carboxylic acids is 2. The summed E-state index contributed by atoms with van der Waals surface area (Å²) in [5, 5.41) is 18.2. The molecule has 7 heteroatoms. The predicted molar refractivity (Wildman–Crippen MR) is 96.7 cm³/mol. The molecule has 3 N–H and O–H groups in total. The van der Waals surface area contributed by atoms with Crippen LogP contribution in [0.5, 0.6) is 11.5 Å². The number of rotatable bonds is 7. The lowest BCUT2D eigenvalue weighted by Crippen LogP contribution is -2.16. The Morgan fingerprint density at radius 1 is 0.885 bits per heavy atom. The molecule has 0 amide bonds. The molecular formula is C19H23NO6. The first-order valence-electron chi connectivity index (χ1n) is 7.89. The van der Waals surface area contributed by atoms with Gasteiger partial charge in [0, 0.05) is 6.54 Å². The molecule has 2 aromatic carbocycles. The van der Waals surface area contributed by atoms with Crippen molar-refractivity contribution >= 4 is 11.9 Å². The Morgan fingerprint density at radius 2 is 1.50 bits per heavy atom. The number of benzene rings is 2. The van der Waals surface area contributed by atoms with Crippen LogP contribution in [0.25, 0.3) is 0 Å². The molecular weight excluding hydrogens is 338 g/mol. The predicted octanol–water partition coefficient (Wildman–Crippen LogP) is 2.19. The Kier molecular flexibility index (Phi) is 9.27. The van der Waals surface area contributed by atoms with E-state index < -0.39 is 11.9 Å². The summed E-state index contributed by atoms with van der Waals surface area (Å²) >= 11 is 0. The Labute approximate surface area is 152 Å². The van der Waals surface area contributed by atoms with Gasteiger partial charge in [-0.3, -0.25) is 0 Å². The van der Waals surface area contributed by atoms with E-state index in [2.05, 4.69) is 35.6 Å². The van der Waals surface area contributed by atoms with Gasteiger partial charge in [0.05, 0.1) is 14.2 Å². The average molecular weight is 361 g/mol. The van der Waals surface area contributed by atoms with Crippen LogP contribution in [0.3, 0.4) is 0 Å². The Hall–Kier alpha value is -3.06. The molecule has 0 aliphatic rings. The summed E-state index contributed by atoms with van der Waals surface area (Å²) < 4.78 is 10.5. The van der Waals surface area contributed by atoms with Gasteiger partial charge in [-0.1, -0.05) is 36.4 Å². The Bertz CT molecular complexity index is 690. The summed E-state index contributed by atoms with van der Waals surface area (Å²) in [5.41, 5.74) is 2.54. The van der Waals surface area contributed by atoms with Crippen molar-refractivity contribution < 1.29 is 29.3 Å². The minimum absolute atomic E-state index is 0.772. The van der Waals surface area contributed by atoms with Crippen molar-refractivity contribution in [1.29, 1.82) is 0 Å². The van der Waals surface area contributed by atoms with E-state index in [1.165, 1.54) is 11.1 Å². The highest BCUT2D eigenvalue weighted by Crippen LogP contribution is 2.27. The average Bonchev–Trinajstić information content (AvgIpc) is 2.66. The fourth-order valence-corrected chi connectivity index (χ4v) is 2.10. The number of carbonyl (C=O) groups is 2. The molecule has 0 saturated heterocycles. The van der Waals surface area contributed by atoms with E-state index in [0.29, 0.717) is 0 Å². The van der Waals surface area contributed by atoms with Crippen LogP contribution in [-0.4, -0.2) is 42.9 Å². The van der Waals surface area contributed by atoms with Gasteiger partial charge in [-0.25, -0.2) is 9.59 Å². The molecule has 2 rings (SSSR count). The van der Waals surface area contributed by atoms with Gasteiger partial charge in [0.15, 0.2) is 11.5 Å². The zero-order valence-corrected chi connectivity index (χ0v) is 14.8. The standard InChI is InChI=1S/C17H21NO2.C2H2O4/c1-19-16-9-8-14(12-17(16)20-2)10-11-18-13-15-6-4-3-5-7-15;3-1(4)2(5)6/h3-9,12,18H,10-11,13H2,1-2H3;(H,3,4)(H,5,6). The highest BCUT2D eigenvalue weighted by Gasteiger charge is 2.04. The number of carboxylic acid groups (broad SMARTS) is 2. The van der Waals surface area contributed by atoms with Crippen LogP contribution < -0.4 is 14.8 Å². The summed E-state index contributed by atoms with van der Waals surface area (Å²) in [4.78, 5) is 18.2. The lowest BCUT2D eigenvalue weighted by molar-refractivity contribution is -0.159. The van der Waals surface area contributed by atoms with Gasteiger partial charge in [-0.15, -0.1) is 0 Å². The van der Waals surface area contributed by atoms with E-state index in [9.17, 15) is 0 Å². The Morgan fingerprint density at radius 3 is 2.04 bits per heavy atom. The number of ether oxygens (including phenoxy) is 2. The first-order chi connectivity index (χ1) is 12.5. The van der Waals surface area contributed by atoms with Crippen molar-refractivity contribution in [3.63, 3.8) is 0 Å². The van der Waals surface area contributed by atoms with Crippen LogP contribution >= 0.6 is 0 Å². The monoisotopic (exact) mass is 361 g/mol. The van der Waals surface area contributed by atoms with Crippen molar-refractivity contribution in [1.82, 2.24) is 5.32 Å².